The van der Waals surface area contributed by atoms with Gasteiger partial charge in [0.05, 0.1) is 0 Å². The maximum absolute atomic E-state index is 12.4. The normalized spacial score (nSPS) is 11.8. The van der Waals surface area contributed by atoms with E-state index >= 15 is 0 Å². The zero-order valence-corrected chi connectivity index (χ0v) is 20.5. The molecule has 0 aliphatic rings. The van der Waals surface area contributed by atoms with E-state index in [1.54, 1.807) is 18.2 Å². The number of aromatic nitrogens is 1. The molecular weight excluding hydrogens is 458 g/mol. The van der Waals surface area contributed by atoms with Gasteiger partial charge in [-0.1, -0.05) is 29.8 Å². The predicted molar refractivity (Wildman–Crippen MR) is 128 cm³/mol. The van der Waals surface area contributed by atoms with Gasteiger partial charge in [-0.2, -0.15) is 17.0 Å². The Hall–Kier alpha value is -3.21. The van der Waals surface area contributed by atoms with Crippen LogP contribution in [0.1, 0.15) is 22.6 Å². The van der Waals surface area contributed by atoms with E-state index in [0.29, 0.717) is 29.5 Å². The topological polar surface area (TPSA) is 113 Å². The van der Waals surface area contributed by atoms with E-state index in [0.717, 1.165) is 25.3 Å². The van der Waals surface area contributed by atoms with Crippen LogP contribution in [0.3, 0.4) is 0 Å². The van der Waals surface area contributed by atoms with E-state index in [9.17, 15) is 13.2 Å². The largest absolute Gasteiger partial charge is 0.487 e. The van der Waals surface area contributed by atoms with Crippen molar-refractivity contribution in [3.8, 4) is 17.2 Å². The van der Waals surface area contributed by atoms with Crippen molar-refractivity contribution in [1.29, 1.82) is 0 Å². The van der Waals surface area contributed by atoms with Gasteiger partial charge in [0.25, 0.3) is 10.2 Å². The van der Waals surface area contributed by atoms with Gasteiger partial charge >= 0.3 is 5.97 Å². The molecule has 0 atom stereocenters. The molecule has 1 aromatic heterocycles. The molecule has 0 spiro atoms. The van der Waals surface area contributed by atoms with Crippen molar-refractivity contribution in [3.05, 3.63) is 71.1 Å². The molecule has 0 bridgehead atoms. The Bertz CT molecular complexity index is 1240. The Balaban J connectivity index is 1.66. The van der Waals surface area contributed by atoms with E-state index in [4.69, 9.17) is 14.3 Å². The molecule has 3 aromatic rings. The Morgan fingerprint density at radius 2 is 1.82 bits per heavy atom. The van der Waals surface area contributed by atoms with Crippen molar-refractivity contribution < 1.29 is 27.5 Å². The third-order valence-corrected chi connectivity index (χ3v) is 7.10. The third-order valence-electron chi connectivity index (χ3n) is 5.21. The fraction of sp³-hybridized carbons (Fsp3) is 0.333. The minimum Gasteiger partial charge on any atom is -0.487 e. The molecule has 2 aromatic carbocycles. The molecule has 3 rings (SSSR count). The number of nitrogens with zero attached hydrogens (tertiary/aromatic N) is 3. The number of rotatable bonds is 11. The monoisotopic (exact) mass is 487 g/mol. The minimum absolute atomic E-state index is 0.0264. The second kappa shape index (κ2) is 10.8. The molecule has 1 N–H and O–H groups in total. The van der Waals surface area contributed by atoms with E-state index in [1.807, 2.05) is 44.2 Å². The minimum atomic E-state index is -3.85. The summed E-state index contributed by atoms with van der Waals surface area (Å²) in [4.78, 5) is 15.7. The number of carboxylic acids is 1. The first-order valence-corrected chi connectivity index (χ1v) is 12.1. The fourth-order valence-corrected chi connectivity index (χ4v) is 4.29. The average Bonchev–Trinajstić information content (AvgIpc) is 3.16. The third kappa shape index (κ3) is 6.43. The van der Waals surface area contributed by atoms with Gasteiger partial charge in [-0.15, -0.1) is 0 Å². The Morgan fingerprint density at radius 3 is 2.47 bits per heavy atom. The maximum atomic E-state index is 12.4. The van der Waals surface area contributed by atoms with Crippen LogP contribution in [-0.2, 0) is 28.0 Å². The number of ether oxygens (including phenoxy) is 1. The van der Waals surface area contributed by atoms with Crippen LogP contribution in [0.2, 0.25) is 0 Å². The molecule has 0 unspecified atom stereocenters. The van der Waals surface area contributed by atoms with Gasteiger partial charge in [-0.05, 0) is 50.1 Å². The van der Waals surface area contributed by atoms with Gasteiger partial charge in [0.15, 0.2) is 0 Å². The molecule has 10 heteroatoms. The van der Waals surface area contributed by atoms with E-state index in [1.165, 1.54) is 14.1 Å². The summed E-state index contributed by atoms with van der Waals surface area (Å²) in [6.45, 7) is 3.49. The van der Waals surface area contributed by atoms with Gasteiger partial charge < -0.3 is 14.3 Å². The van der Waals surface area contributed by atoms with Crippen molar-refractivity contribution in [3.63, 3.8) is 0 Å². The lowest BCUT2D eigenvalue weighted by molar-refractivity contribution is -0.137. The Morgan fingerprint density at radius 1 is 1.12 bits per heavy atom. The Kier molecular flexibility index (Phi) is 8.08. The molecule has 0 saturated carbocycles. The van der Waals surface area contributed by atoms with Gasteiger partial charge in [0.2, 0.25) is 5.89 Å². The number of carbonyl (C=O) groups is 1. The number of oxazole rings is 1. The summed E-state index contributed by atoms with van der Waals surface area (Å²) in [5, 5.41) is 9.10. The lowest BCUT2D eigenvalue weighted by atomic mass is 10.1. The first-order valence-electron chi connectivity index (χ1n) is 10.7. The molecule has 0 radical (unpaired) electrons. The van der Waals surface area contributed by atoms with Crippen molar-refractivity contribution >= 4 is 16.2 Å². The number of carboxylic acid groups (broad SMARTS) is 1. The van der Waals surface area contributed by atoms with E-state index < -0.39 is 22.7 Å². The van der Waals surface area contributed by atoms with Crippen LogP contribution in [0.25, 0.3) is 11.5 Å². The highest BCUT2D eigenvalue weighted by atomic mass is 32.2. The second-order valence-corrected chi connectivity index (χ2v) is 10.2. The molecule has 9 nitrogen and oxygen atoms in total. The van der Waals surface area contributed by atoms with E-state index in [2.05, 4.69) is 4.98 Å². The maximum Gasteiger partial charge on any atom is 0.318 e. The van der Waals surface area contributed by atoms with Crippen LogP contribution in [0.4, 0.5) is 0 Å². The second-order valence-electron chi connectivity index (χ2n) is 8.09. The lowest BCUT2D eigenvalue weighted by Crippen LogP contribution is -2.43. The summed E-state index contributed by atoms with van der Waals surface area (Å²) in [7, 11) is -1.11. The van der Waals surface area contributed by atoms with Crippen LogP contribution in [0.5, 0.6) is 5.75 Å². The van der Waals surface area contributed by atoms with Crippen LogP contribution < -0.4 is 4.74 Å². The van der Waals surface area contributed by atoms with Gasteiger partial charge in [0.1, 0.15) is 30.4 Å². The highest BCUT2D eigenvalue weighted by Gasteiger charge is 2.26. The van der Waals surface area contributed by atoms with Crippen LogP contribution in [0, 0.1) is 13.8 Å². The number of benzene rings is 2. The number of hydrogen-bond donors (Lipinski definition) is 1. The first-order chi connectivity index (χ1) is 16.1. The van der Waals surface area contributed by atoms with Crippen molar-refractivity contribution in [1.82, 2.24) is 13.6 Å². The standard InChI is InChI=1S/C24H29N3O6S/c1-17-8-10-20(11-9-17)24-25-22(18(2)33-24)16-32-21-7-5-6-19(14-21)12-13-27(15-23(28)29)34(30,31)26(3)4/h5-11,14H,12-13,15-16H2,1-4H3,(H,28,29). The molecule has 0 fully saturated rings. The fourth-order valence-electron chi connectivity index (χ4n) is 3.24. The molecule has 1 heterocycles. The summed E-state index contributed by atoms with van der Waals surface area (Å²) >= 11 is 0. The van der Waals surface area contributed by atoms with Crippen molar-refractivity contribution in [2.24, 2.45) is 0 Å². The number of aryl methyl sites for hydroxylation is 2. The van der Waals surface area contributed by atoms with Crippen molar-refractivity contribution in [2.75, 3.05) is 27.2 Å². The number of aliphatic carboxylic acids is 1. The summed E-state index contributed by atoms with van der Waals surface area (Å²) < 4.78 is 38.5. The number of hydrogen-bond acceptors (Lipinski definition) is 6. The van der Waals surface area contributed by atoms with Crippen LogP contribution in [-0.4, -0.2) is 60.3 Å². The van der Waals surface area contributed by atoms with E-state index in [-0.39, 0.29) is 13.2 Å². The van der Waals surface area contributed by atoms with Gasteiger partial charge in [-0.3, -0.25) is 4.79 Å². The summed E-state index contributed by atoms with van der Waals surface area (Å²) in [6.07, 6.45) is 0.331. The Labute approximate surface area is 199 Å². The van der Waals surface area contributed by atoms with Crippen LogP contribution >= 0.6 is 0 Å². The molecule has 0 aliphatic heterocycles. The molecule has 34 heavy (non-hydrogen) atoms. The van der Waals surface area contributed by atoms with Gasteiger partial charge in [0, 0.05) is 26.2 Å². The molecule has 0 saturated heterocycles. The quantitative estimate of drug-likeness (QED) is 0.442. The predicted octanol–water partition coefficient (Wildman–Crippen LogP) is 3.27. The molecular formula is C24H29N3O6S. The van der Waals surface area contributed by atoms with Gasteiger partial charge in [-0.25, -0.2) is 4.98 Å². The highest BCUT2D eigenvalue weighted by Crippen LogP contribution is 2.23. The highest BCUT2D eigenvalue weighted by molar-refractivity contribution is 7.86. The van der Waals surface area contributed by atoms with Crippen LogP contribution in [0.15, 0.2) is 52.9 Å². The zero-order chi connectivity index (χ0) is 24.9. The molecule has 0 amide bonds. The smallest absolute Gasteiger partial charge is 0.318 e. The first kappa shape index (κ1) is 25.4. The SMILES string of the molecule is Cc1ccc(-c2nc(COc3cccc(CCN(CC(=O)O)S(=O)(=O)N(C)C)c3)c(C)o2)cc1. The summed E-state index contributed by atoms with van der Waals surface area (Å²) in [5.41, 5.74) is 3.55. The summed E-state index contributed by atoms with van der Waals surface area (Å²) in [6, 6.07) is 15.2. The zero-order valence-electron chi connectivity index (χ0n) is 19.7. The summed E-state index contributed by atoms with van der Waals surface area (Å²) in [5.74, 6) is 0.586. The van der Waals surface area contributed by atoms with Crippen molar-refractivity contribution in [2.45, 2.75) is 26.9 Å². The lowest BCUT2D eigenvalue weighted by Gasteiger charge is -2.23. The average molecular weight is 488 g/mol. The molecule has 0 aliphatic carbocycles. The molecule has 182 valence electrons.